The SMILES string of the molecule is COC(=O)C(C)(C)c1ccc(N)nc1.COC(=O)C(C)(C)c1ccc(Nc2cc(-c3cccc(-n4ncc5cc(C(C)(C)C)cc(F)c5c4=O)c3C=O)cn(C)c2=O)nc1.COC(=O)C(C)(C)c1ccc(Nc2cc(B3OC(C)(C)C(C)(C)O3)cn(C)c2=O)nc1.COC(=O)C(C)(C)c1ccc(Nc2cc(Br)cn(C)c2=O)nc1.COC(=O)C(C)(C)c1ccc([N+](=O)[O-])nc1.O=[N+]([O-])c1ccc(Br)cn1. The number of nitrogens with two attached hydrogens (primary N) is 1. The summed E-state index contributed by atoms with van der Waals surface area (Å²) >= 11 is 6.46. The Morgan fingerprint density at radius 1 is 0.464 bits per heavy atom. The fourth-order valence-corrected chi connectivity index (χ4v) is 14.3. The number of fused-ring (bicyclic) bond motifs is 1. The predicted molar refractivity (Wildman–Crippen MR) is 535 cm³/mol. The average Bonchev–Trinajstić information content (AvgIpc) is 1.05. The van der Waals surface area contributed by atoms with Gasteiger partial charge < -0.3 is 88.6 Å². The van der Waals surface area contributed by atoms with Crippen LogP contribution in [0.25, 0.3) is 27.6 Å². The smallest absolute Gasteiger partial charge is 0.468 e. The number of nitrogen functional groups attached to an aromatic ring is 1. The molecule has 13 rings (SSSR count). The van der Waals surface area contributed by atoms with E-state index in [-0.39, 0.29) is 74.0 Å². The summed E-state index contributed by atoms with van der Waals surface area (Å²) in [5, 5.41) is 34.1. The minimum absolute atomic E-state index is 0.125. The molecule has 0 bridgehead atoms. The van der Waals surface area contributed by atoms with Crippen LogP contribution in [-0.2, 0) is 111 Å². The van der Waals surface area contributed by atoms with E-state index in [4.69, 9.17) is 34.0 Å². The molecule has 1 aliphatic rings. The van der Waals surface area contributed by atoms with Crippen molar-refractivity contribution in [2.75, 3.05) is 57.2 Å². The van der Waals surface area contributed by atoms with Crippen LogP contribution in [0, 0.1) is 26.0 Å². The maximum atomic E-state index is 15.3. The first kappa shape index (κ1) is 111. The number of hydrogen-bond donors (Lipinski definition) is 4. The lowest BCUT2D eigenvalue weighted by atomic mass is 9.80. The van der Waals surface area contributed by atoms with Crippen LogP contribution in [0.2, 0.25) is 0 Å². The number of nitro groups is 2. The number of pyridine rings is 9. The highest BCUT2D eigenvalue weighted by Crippen LogP contribution is 2.38. The van der Waals surface area contributed by atoms with Crippen LogP contribution in [0.3, 0.4) is 0 Å². The fraction of sp³-hybridized carbons (Fsp3) is 0.337. The van der Waals surface area contributed by atoms with Gasteiger partial charge in [-0.15, -0.1) is 0 Å². The van der Waals surface area contributed by atoms with E-state index in [9.17, 15) is 68.2 Å². The summed E-state index contributed by atoms with van der Waals surface area (Å²) in [7, 11) is 11.0. The number of carbonyl (C=O) groups excluding carboxylic acids is 6. The molecule has 0 atom stereocenters. The van der Waals surface area contributed by atoms with Gasteiger partial charge in [-0.25, -0.2) is 24.3 Å². The zero-order chi connectivity index (χ0) is 105. The van der Waals surface area contributed by atoms with Crippen molar-refractivity contribution in [3.05, 3.63) is 299 Å². The van der Waals surface area contributed by atoms with E-state index in [1.165, 1.54) is 98.3 Å². The number of hydrogen-bond acceptors (Lipinski definition) is 32. The summed E-state index contributed by atoms with van der Waals surface area (Å²) in [6, 6.07) is 32.5. The molecular formula is C98H111BBr2FN17O21. The maximum absolute atomic E-state index is 15.3. The van der Waals surface area contributed by atoms with Crippen molar-refractivity contribution in [2.24, 2.45) is 21.1 Å². The molecule has 0 radical (unpaired) electrons. The molecule has 0 amide bonds. The van der Waals surface area contributed by atoms with Crippen LogP contribution >= 0.6 is 31.9 Å². The summed E-state index contributed by atoms with van der Waals surface area (Å²) < 4.78 is 58.3. The van der Waals surface area contributed by atoms with Crippen LogP contribution in [0.15, 0.2) is 211 Å². The van der Waals surface area contributed by atoms with E-state index in [1.807, 2.05) is 48.5 Å². The maximum Gasteiger partial charge on any atom is 0.496 e. The molecule has 1 saturated heterocycles. The molecule has 0 saturated carbocycles. The summed E-state index contributed by atoms with van der Waals surface area (Å²) in [5.41, 5.74) is 5.67. The molecule has 11 heterocycles. The van der Waals surface area contributed by atoms with Gasteiger partial charge in [0.2, 0.25) is 0 Å². The van der Waals surface area contributed by atoms with E-state index in [0.29, 0.717) is 74.1 Å². The molecule has 0 aliphatic carbocycles. The van der Waals surface area contributed by atoms with Crippen molar-refractivity contribution in [2.45, 2.75) is 161 Å². The third-order valence-corrected chi connectivity index (χ3v) is 24.2. The topological polar surface area (TPSA) is 494 Å². The van der Waals surface area contributed by atoms with Gasteiger partial charge in [-0.05, 0) is 260 Å². The molecule has 0 spiro atoms. The molecule has 38 nitrogen and oxygen atoms in total. The van der Waals surface area contributed by atoms with E-state index < -0.39 is 78.6 Å². The van der Waals surface area contributed by atoms with E-state index in [1.54, 1.807) is 225 Å². The molecule has 738 valence electrons. The number of benzene rings is 2. The number of halogens is 3. The van der Waals surface area contributed by atoms with Gasteiger partial charge in [-0.2, -0.15) is 9.78 Å². The van der Waals surface area contributed by atoms with Crippen LogP contribution in [0.5, 0.6) is 0 Å². The first-order chi connectivity index (χ1) is 65.3. The van der Waals surface area contributed by atoms with Crippen molar-refractivity contribution in [1.29, 1.82) is 0 Å². The number of anilines is 7. The highest BCUT2D eigenvalue weighted by molar-refractivity contribution is 9.10. The Kier molecular flexibility index (Phi) is 35.7. The van der Waals surface area contributed by atoms with Crippen molar-refractivity contribution < 1.29 is 76.0 Å². The van der Waals surface area contributed by atoms with Gasteiger partial charge in [0.15, 0.2) is 12.5 Å². The number of ether oxygens (including phenoxy) is 5. The average molecular weight is 2050 g/mol. The molecule has 5 N–H and O–H groups in total. The second-order valence-electron chi connectivity index (χ2n) is 36.6. The molecular weight excluding hydrogens is 1940 g/mol. The highest BCUT2D eigenvalue weighted by atomic mass is 79.9. The van der Waals surface area contributed by atoms with Gasteiger partial charge in [-0.3, -0.25) is 47.9 Å². The van der Waals surface area contributed by atoms with E-state index in [0.717, 1.165) is 35.8 Å². The quantitative estimate of drug-likeness (QED) is 0.0122. The normalized spacial score (nSPS) is 12.6. The third kappa shape index (κ3) is 26.2. The summed E-state index contributed by atoms with van der Waals surface area (Å²) in [5.74, 6) is -1.06. The number of nitrogens with zero attached hydrogens (tertiary/aromatic N) is 13. The highest BCUT2D eigenvalue weighted by Gasteiger charge is 2.52. The van der Waals surface area contributed by atoms with Crippen LogP contribution in [-0.4, -0.2) is 153 Å². The Balaban J connectivity index is 0.000000222. The molecule has 2 aromatic carbocycles. The Hall–Kier alpha value is -14.8. The molecule has 42 heteroatoms. The zero-order valence-corrected chi connectivity index (χ0v) is 85.2. The monoisotopic (exact) mass is 2050 g/mol. The second kappa shape index (κ2) is 45.2. The number of esters is 5. The Labute approximate surface area is 823 Å². The van der Waals surface area contributed by atoms with Gasteiger partial charge in [0, 0.05) is 109 Å². The largest absolute Gasteiger partial charge is 0.496 e. The summed E-state index contributed by atoms with van der Waals surface area (Å²) in [6.45, 7) is 31.2. The van der Waals surface area contributed by atoms with Crippen molar-refractivity contribution >= 4 is 143 Å². The number of methoxy groups -OCH3 is 5. The van der Waals surface area contributed by atoms with Gasteiger partial charge in [0.25, 0.3) is 22.2 Å². The van der Waals surface area contributed by atoms with Crippen molar-refractivity contribution in [1.82, 2.24) is 53.4 Å². The fourth-order valence-electron chi connectivity index (χ4n) is 13.5. The summed E-state index contributed by atoms with van der Waals surface area (Å²) in [4.78, 5) is 166. The number of aryl methyl sites for hydroxylation is 3. The standard InChI is InChI=1S/C35H34FN5O5.C22H30BN3O5.C16H18BrN3O3.C10H12N2O4.C10H14N2O2.C5H3BrN2O2/c1-34(2,3)23-13-20-16-38-41(32(44)30(20)26(36)15-23)28-10-8-9-24(25(28)19-42)21-14-27(31(43)40(6)18-21)39-29-12-11-22(17-37-29)35(4,5)33(45)46-7;1-20(2,19(28)29-8)14-9-10-17(24-12-14)25-16-11-15(13-26(7)18(16)27)23-30-21(3,4)22(5,6)31-23;1-16(2,15(22)23-4)10-5-6-13(18-8-10)19-12-7-11(17)9-20(3)14(12)21;1-10(2,9(13)16-3)7-4-5-8(11-6-7)12(14)15;1-10(2,9(13)14-3)7-4-5-8(11)12-6-7;6-4-1-2-5(7-3-4)8(9)10/h8-19H,1-7H3,(H,37,39);9-13H,1-8H3,(H,24,25);5-9H,1-4H3,(H,18,19);4-6H,1-3H3;4-6H,1-3H3,(H2,11,12);1-3H. The molecule has 140 heavy (non-hydrogen) atoms. The van der Waals surface area contributed by atoms with Crippen LogP contribution in [0.1, 0.15) is 161 Å². The van der Waals surface area contributed by atoms with Crippen LogP contribution < -0.4 is 49.4 Å². The summed E-state index contributed by atoms with van der Waals surface area (Å²) in [6.07, 6.45) is 16.0. The predicted octanol–water partition coefficient (Wildman–Crippen LogP) is 14.9. The van der Waals surface area contributed by atoms with Gasteiger partial charge in [-0.1, -0.05) is 57.2 Å². The lowest BCUT2D eigenvalue weighted by molar-refractivity contribution is -0.389. The zero-order valence-electron chi connectivity index (χ0n) is 82.1. The lowest BCUT2D eigenvalue weighted by Crippen LogP contribution is -2.41. The van der Waals surface area contributed by atoms with Gasteiger partial charge in [0.1, 0.15) is 52.3 Å². The van der Waals surface area contributed by atoms with Crippen molar-refractivity contribution in [3.63, 3.8) is 0 Å². The first-order valence-electron chi connectivity index (χ1n) is 42.9. The van der Waals surface area contributed by atoms with Crippen molar-refractivity contribution in [3.8, 4) is 16.8 Å². The second-order valence-corrected chi connectivity index (χ2v) is 38.4. The number of rotatable bonds is 22. The minimum Gasteiger partial charge on any atom is -0.468 e. The third-order valence-electron chi connectivity index (χ3n) is 23.3. The number of carbonyl (C=O) groups is 6. The van der Waals surface area contributed by atoms with E-state index >= 15 is 4.39 Å². The Bertz CT molecular complexity index is 6840. The number of aromatic nitrogens is 11. The van der Waals surface area contributed by atoms with Crippen LogP contribution in [0.4, 0.5) is 56.4 Å². The Morgan fingerprint density at radius 3 is 1.21 bits per heavy atom. The number of aldehydes is 1. The molecule has 1 fully saturated rings. The van der Waals surface area contributed by atoms with E-state index in [2.05, 4.69) is 87.5 Å². The molecule has 12 aromatic rings. The lowest BCUT2D eigenvalue weighted by Gasteiger charge is -2.32. The molecule has 1 aliphatic heterocycles. The number of nitrogens with one attached hydrogen (secondary N) is 3. The molecule has 10 aromatic heterocycles. The first-order valence-corrected chi connectivity index (χ1v) is 44.5. The Morgan fingerprint density at radius 2 is 0.843 bits per heavy atom. The minimum atomic E-state index is -0.921. The van der Waals surface area contributed by atoms with Gasteiger partial charge in [0.05, 0.1) is 95.6 Å². The molecule has 0 unspecified atom stereocenters. The van der Waals surface area contributed by atoms with Gasteiger partial charge >= 0.3 is 48.6 Å².